The van der Waals surface area contributed by atoms with Gasteiger partial charge < -0.3 is 9.47 Å². The van der Waals surface area contributed by atoms with Gasteiger partial charge in [-0.2, -0.15) is 0 Å². The van der Waals surface area contributed by atoms with E-state index in [1.807, 2.05) is 13.8 Å². The Morgan fingerprint density at radius 2 is 1.86 bits per heavy atom. The number of esters is 1. The van der Waals surface area contributed by atoms with Crippen molar-refractivity contribution >= 4 is 27.6 Å². The van der Waals surface area contributed by atoms with Gasteiger partial charge in [0, 0.05) is 18.1 Å². The van der Waals surface area contributed by atoms with Gasteiger partial charge in [0.05, 0.1) is 19.6 Å². The third-order valence-electron chi connectivity index (χ3n) is 1.29. The molecule has 0 aliphatic rings. The van der Waals surface area contributed by atoms with Gasteiger partial charge in [-0.1, -0.05) is 21.6 Å². The normalized spacial score (nSPS) is 10.1. The van der Waals surface area contributed by atoms with Crippen LogP contribution in [0.15, 0.2) is 0 Å². The third-order valence-corrected chi connectivity index (χ3v) is 3.66. The van der Waals surface area contributed by atoms with Crippen LogP contribution in [0.3, 0.4) is 0 Å². The van der Waals surface area contributed by atoms with E-state index in [1.165, 1.54) is 0 Å². The van der Waals surface area contributed by atoms with Crippen molar-refractivity contribution in [2.75, 3.05) is 31.3 Å². The fraction of sp³-hybridized carbons (Fsp3) is 0.889. The summed E-state index contributed by atoms with van der Waals surface area (Å²) in [4.78, 5) is 10.9. The van der Waals surface area contributed by atoms with E-state index in [0.29, 0.717) is 13.0 Å². The van der Waals surface area contributed by atoms with Crippen LogP contribution in [0.4, 0.5) is 0 Å². The summed E-state index contributed by atoms with van der Waals surface area (Å²) in [5.74, 6) is 1.68. The summed E-state index contributed by atoms with van der Waals surface area (Å²) in [6, 6.07) is 0. The van der Waals surface area contributed by atoms with E-state index in [-0.39, 0.29) is 5.97 Å². The monoisotopic (exact) mass is 238 g/mol. The molecular formula is C9H18O3S2. The first kappa shape index (κ1) is 14.1. The standard InChI is InChI=1S/C9H18O3S2/c1-3-11-6-8-14-13-7-5-9(10)12-4-2/h3-8H2,1-2H3. The highest BCUT2D eigenvalue weighted by atomic mass is 33.1. The molecule has 0 saturated heterocycles. The molecule has 0 N–H and O–H groups in total. The molecule has 0 spiro atoms. The quantitative estimate of drug-likeness (QED) is 0.350. The molecule has 0 rings (SSSR count). The van der Waals surface area contributed by atoms with Crippen LogP contribution in [-0.2, 0) is 14.3 Å². The molecule has 0 saturated carbocycles. The largest absolute Gasteiger partial charge is 0.466 e. The lowest BCUT2D eigenvalue weighted by Gasteiger charge is -2.02. The Morgan fingerprint density at radius 1 is 1.14 bits per heavy atom. The van der Waals surface area contributed by atoms with Crippen molar-refractivity contribution in [1.82, 2.24) is 0 Å². The first-order valence-corrected chi connectivity index (χ1v) is 7.27. The topological polar surface area (TPSA) is 35.5 Å². The SMILES string of the molecule is CCOCCSSCCC(=O)OCC. The average Bonchev–Trinajstić information content (AvgIpc) is 2.17. The molecule has 0 aromatic rings. The molecule has 0 aliphatic carbocycles. The molecule has 84 valence electrons. The smallest absolute Gasteiger partial charge is 0.306 e. The maximum Gasteiger partial charge on any atom is 0.306 e. The molecule has 0 amide bonds. The van der Waals surface area contributed by atoms with Gasteiger partial charge in [0.1, 0.15) is 0 Å². The van der Waals surface area contributed by atoms with Crippen LogP contribution in [0.25, 0.3) is 0 Å². The predicted molar refractivity (Wildman–Crippen MR) is 62.7 cm³/mol. The van der Waals surface area contributed by atoms with Crippen LogP contribution in [0, 0.1) is 0 Å². The molecule has 0 heterocycles. The molecule has 0 aliphatic heterocycles. The van der Waals surface area contributed by atoms with E-state index in [9.17, 15) is 4.79 Å². The van der Waals surface area contributed by atoms with Gasteiger partial charge in [-0.3, -0.25) is 4.79 Å². The molecule has 0 aromatic carbocycles. The minimum Gasteiger partial charge on any atom is -0.466 e. The van der Waals surface area contributed by atoms with Gasteiger partial charge in [-0.05, 0) is 13.8 Å². The molecule has 0 aromatic heterocycles. The number of carbonyl (C=O) groups is 1. The van der Waals surface area contributed by atoms with Crippen LogP contribution < -0.4 is 0 Å². The lowest BCUT2D eigenvalue weighted by atomic mass is 10.5. The van der Waals surface area contributed by atoms with Crippen molar-refractivity contribution in [1.29, 1.82) is 0 Å². The predicted octanol–water partition coefficient (Wildman–Crippen LogP) is 2.36. The van der Waals surface area contributed by atoms with Crippen LogP contribution >= 0.6 is 21.6 Å². The zero-order valence-electron chi connectivity index (χ0n) is 8.78. The van der Waals surface area contributed by atoms with Crippen molar-refractivity contribution < 1.29 is 14.3 Å². The lowest BCUT2D eigenvalue weighted by molar-refractivity contribution is -0.142. The van der Waals surface area contributed by atoms with E-state index in [1.54, 1.807) is 21.6 Å². The highest BCUT2D eigenvalue weighted by Crippen LogP contribution is 2.21. The Bertz CT molecular complexity index is 142. The Labute approximate surface area is 93.7 Å². The second-order valence-corrected chi connectivity index (χ2v) is 5.10. The summed E-state index contributed by atoms with van der Waals surface area (Å²) in [5, 5.41) is 0. The highest BCUT2D eigenvalue weighted by Gasteiger charge is 2.00. The molecule has 0 radical (unpaired) electrons. The summed E-state index contributed by atoms with van der Waals surface area (Å²) < 4.78 is 9.97. The van der Waals surface area contributed by atoms with Gasteiger partial charge >= 0.3 is 5.97 Å². The Kier molecular flexibility index (Phi) is 11.3. The summed E-state index contributed by atoms with van der Waals surface area (Å²) in [5.41, 5.74) is 0. The van der Waals surface area contributed by atoms with E-state index in [4.69, 9.17) is 9.47 Å². The molecule has 14 heavy (non-hydrogen) atoms. The van der Waals surface area contributed by atoms with E-state index in [0.717, 1.165) is 24.7 Å². The van der Waals surface area contributed by atoms with E-state index < -0.39 is 0 Å². The van der Waals surface area contributed by atoms with Gasteiger partial charge in [-0.25, -0.2) is 0 Å². The molecule has 5 heteroatoms. The third kappa shape index (κ3) is 10.2. The van der Waals surface area contributed by atoms with Crippen LogP contribution in [-0.4, -0.2) is 37.3 Å². The zero-order chi connectivity index (χ0) is 10.6. The van der Waals surface area contributed by atoms with Gasteiger partial charge in [0.25, 0.3) is 0 Å². The van der Waals surface area contributed by atoms with Crippen molar-refractivity contribution in [2.24, 2.45) is 0 Å². The molecule has 0 unspecified atom stereocenters. The number of hydrogen-bond acceptors (Lipinski definition) is 5. The Hall–Kier alpha value is 0.130. The summed E-state index contributed by atoms with van der Waals surface area (Å²) in [6.45, 7) is 5.84. The number of ether oxygens (including phenoxy) is 2. The van der Waals surface area contributed by atoms with Gasteiger partial charge in [0.2, 0.25) is 0 Å². The van der Waals surface area contributed by atoms with Crippen molar-refractivity contribution in [3.63, 3.8) is 0 Å². The van der Waals surface area contributed by atoms with Gasteiger partial charge in [-0.15, -0.1) is 0 Å². The Balaban J connectivity index is 3.01. The number of carbonyl (C=O) groups excluding carboxylic acids is 1. The van der Waals surface area contributed by atoms with Crippen molar-refractivity contribution in [3.8, 4) is 0 Å². The minimum atomic E-state index is -0.106. The van der Waals surface area contributed by atoms with Crippen LogP contribution in [0.1, 0.15) is 20.3 Å². The Morgan fingerprint density at radius 3 is 2.50 bits per heavy atom. The zero-order valence-corrected chi connectivity index (χ0v) is 10.4. The fourth-order valence-corrected chi connectivity index (χ4v) is 2.55. The molecule has 0 atom stereocenters. The van der Waals surface area contributed by atoms with E-state index in [2.05, 4.69) is 0 Å². The van der Waals surface area contributed by atoms with Gasteiger partial charge in [0.15, 0.2) is 0 Å². The lowest BCUT2D eigenvalue weighted by Crippen LogP contribution is -2.04. The second-order valence-electron chi connectivity index (χ2n) is 2.40. The second kappa shape index (κ2) is 11.2. The summed E-state index contributed by atoms with van der Waals surface area (Å²) in [7, 11) is 3.43. The molecule has 0 fully saturated rings. The van der Waals surface area contributed by atoms with Crippen LogP contribution in [0.5, 0.6) is 0 Å². The average molecular weight is 238 g/mol. The highest BCUT2D eigenvalue weighted by molar-refractivity contribution is 8.76. The van der Waals surface area contributed by atoms with Crippen LogP contribution in [0.2, 0.25) is 0 Å². The fourth-order valence-electron chi connectivity index (χ4n) is 0.713. The van der Waals surface area contributed by atoms with Crippen molar-refractivity contribution in [2.45, 2.75) is 20.3 Å². The van der Waals surface area contributed by atoms with Crippen molar-refractivity contribution in [3.05, 3.63) is 0 Å². The molecule has 0 bridgehead atoms. The summed E-state index contributed by atoms with van der Waals surface area (Å²) in [6.07, 6.45) is 0.500. The first-order valence-electron chi connectivity index (χ1n) is 4.79. The number of rotatable bonds is 9. The molecule has 3 nitrogen and oxygen atoms in total. The maximum atomic E-state index is 10.9. The molecular weight excluding hydrogens is 220 g/mol. The maximum absolute atomic E-state index is 10.9. The number of hydrogen-bond donors (Lipinski definition) is 0. The first-order chi connectivity index (χ1) is 6.81. The summed E-state index contributed by atoms with van der Waals surface area (Å²) >= 11 is 0. The van der Waals surface area contributed by atoms with E-state index >= 15 is 0 Å². The minimum absolute atomic E-state index is 0.106.